The number of nitrogens with zero attached hydrogens (tertiary/aromatic N) is 3. The van der Waals surface area contributed by atoms with Crippen molar-refractivity contribution in [2.24, 2.45) is 0 Å². The fourth-order valence-corrected chi connectivity index (χ4v) is 2.74. The normalized spacial score (nSPS) is 10.7. The lowest BCUT2D eigenvalue weighted by Crippen LogP contribution is -2.31. The number of carbonyl (C=O) groups excluding carboxylic acids is 1. The molecular weight excluding hydrogens is 378 g/mol. The van der Waals surface area contributed by atoms with Gasteiger partial charge in [0.1, 0.15) is 12.4 Å². The molecule has 0 unspecified atom stereocenters. The first-order chi connectivity index (χ1) is 13.5. The Morgan fingerprint density at radius 1 is 1.21 bits per heavy atom. The third-order valence-electron chi connectivity index (χ3n) is 4.25. The number of rotatable bonds is 8. The van der Waals surface area contributed by atoms with Gasteiger partial charge in [0, 0.05) is 30.5 Å². The molecule has 0 fully saturated rings. The van der Waals surface area contributed by atoms with Gasteiger partial charge in [0.15, 0.2) is 0 Å². The topological polar surface area (TPSA) is 68.5 Å². The van der Waals surface area contributed by atoms with Crippen LogP contribution in [-0.4, -0.2) is 41.1 Å². The van der Waals surface area contributed by atoms with E-state index in [1.165, 1.54) is 5.56 Å². The predicted molar refractivity (Wildman–Crippen MR) is 107 cm³/mol. The highest BCUT2D eigenvalue weighted by Crippen LogP contribution is 2.18. The van der Waals surface area contributed by atoms with Crippen LogP contribution in [0.25, 0.3) is 11.4 Å². The Morgan fingerprint density at radius 3 is 2.75 bits per heavy atom. The van der Waals surface area contributed by atoms with Gasteiger partial charge >= 0.3 is 0 Å². The van der Waals surface area contributed by atoms with Crippen LogP contribution in [0.4, 0.5) is 0 Å². The zero-order valence-corrected chi connectivity index (χ0v) is 16.6. The van der Waals surface area contributed by atoms with Gasteiger partial charge in [-0.3, -0.25) is 4.79 Å². The van der Waals surface area contributed by atoms with Crippen LogP contribution in [0.2, 0.25) is 5.02 Å². The quantitative estimate of drug-likeness (QED) is 0.568. The molecular formula is C21H22ClN3O3. The van der Waals surface area contributed by atoms with Crippen LogP contribution < -0.4 is 4.74 Å². The largest absolute Gasteiger partial charge is 0.492 e. The standard InChI is InChI=1S/C21H22ClN3O3/c1-15-6-8-16(9-7-15)21-23-19(28-24-21)10-11-20(26)25(2)12-13-27-18-5-3-4-17(22)14-18/h3-9,14H,10-13H2,1-2H3. The second-order valence-electron chi connectivity index (χ2n) is 6.50. The fourth-order valence-electron chi connectivity index (χ4n) is 2.56. The number of aryl methyl sites for hydroxylation is 2. The molecule has 0 saturated heterocycles. The van der Waals surface area contributed by atoms with E-state index < -0.39 is 0 Å². The summed E-state index contributed by atoms with van der Waals surface area (Å²) in [6, 6.07) is 15.1. The predicted octanol–water partition coefficient (Wildman–Crippen LogP) is 4.17. The minimum absolute atomic E-state index is 0.00946. The number of carbonyl (C=O) groups is 1. The second-order valence-corrected chi connectivity index (χ2v) is 6.94. The van der Waals surface area contributed by atoms with E-state index in [0.717, 1.165) is 5.56 Å². The molecule has 0 saturated carbocycles. The molecule has 3 aromatic rings. The van der Waals surface area contributed by atoms with Crippen LogP contribution in [0.3, 0.4) is 0 Å². The minimum atomic E-state index is -0.00946. The average Bonchev–Trinajstić information content (AvgIpc) is 3.15. The lowest BCUT2D eigenvalue weighted by Gasteiger charge is -2.17. The van der Waals surface area contributed by atoms with Crippen molar-refractivity contribution in [2.45, 2.75) is 19.8 Å². The number of aromatic nitrogens is 2. The molecule has 1 heterocycles. The summed E-state index contributed by atoms with van der Waals surface area (Å²) in [5, 5.41) is 4.60. The Morgan fingerprint density at radius 2 is 2.00 bits per heavy atom. The molecule has 0 atom stereocenters. The smallest absolute Gasteiger partial charge is 0.227 e. The van der Waals surface area contributed by atoms with Crippen molar-refractivity contribution in [3.63, 3.8) is 0 Å². The van der Waals surface area contributed by atoms with Gasteiger partial charge in [0.25, 0.3) is 0 Å². The van der Waals surface area contributed by atoms with Crippen LogP contribution in [-0.2, 0) is 11.2 Å². The summed E-state index contributed by atoms with van der Waals surface area (Å²) in [7, 11) is 1.75. The van der Waals surface area contributed by atoms with Gasteiger partial charge in [-0.25, -0.2) is 0 Å². The number of benzene rings is 2. The zero-order chi connectivity index (χ0) is 19.9. The van der Waals surface area contributed by atoms with Crippen molar-refractivity contribution < 1.29 is 14.1 Å². The Kier molecular flexibility index (Phi) is 6.66. The maximum Gasteiger partial charge on any atom is 0.227 e. The summed E-state index contributed by atoms with van der Waals surface area (Å²) in [6.45, 7) is 2.89. The maximum absolute atomic E-state index is 12.3. The Balaban J connectivity index is 1.44. The summed E-state index contributed by atoms with van der Waals surface area (Å²) < 4.78 is 10.9. The number of hydrogen-bond acceptors (Lipinski definition) is 5. The van der Waals surface area contributed by atoms with E-state index in [1.807, 2.05) is 43.3 Å². The van der Waals surface area contributed by atoms with Gasteiger partial charge in [-0.1, -0.05) is 52.7 Å². The van der Waals surface area contributed by atoms with Crippen LogP contribution in [0, 0.1) is 6.92 Å². The second kappa shape index (κ2) is 9.37. The molecule has 0 bridgehead atoms. The molecule has 0 radical (unpaired) electrons. The third-order valence-corrected chi connectivity index (χ3v) is 4.48. The van der Waals surface area contributed by atoms with Crippen molar-refractivity contribution in [1.29, 1.82) is 0 Å². The summed E-state index contributed by atoms with van der Waals surface area (Å²) in [4.78, 5) is 18.3. The molecule has 146 valence electrons. The molecule has 2 aromatic carbocycles. The third kappa shape index (κ3) is 5.57. The highest BCUT2D eigenvalue weighted by molar-refractivity contribution is 6.30. The summed E-state index contributed by atoms with van der Waals surface area (Å²) in [6.07, 6.45) is 0.695. The molecule has 0 aliphatic heterocycles. The lowest BCUT2D eigenvalue weighted by molar-refractivity contribution is -0.130. The number of halogens is 1. The van der Waals surface area contributed by atoms with Crippen molar-refractivity contribution in [3.05, 3.63) is 65.0 Å². The first kappa shape index (κ1) is 19.9. The molecule has 6 nitrogen and oxygen atoms in total. The van der Waals surface area contributed by atoms with Crippen LogP contribution in [0.1, 0.15) is 17.9 Å². The highest BCUT2D eigenvalue weighted by atomic mass is 35.5. The zero-order valence-electron chi connectivity index (χ0n) is 15.9. The minimum Gasteiger partial charge on any atom is -0.492 e. The summed E-state index contributed by atoms with van der Waals surface area (Å²) >= 11 is 5.92. The fraction of sp³-hybridized carbons (Fsp3) is 0.286. The first-order valence-electron chi connectivity index (χ1n) is 9.03. The van der Waals surface area contributed by atoms with Crippen molar-refractivity contribution in [1.82, 2.24) is 15.0 Å². The SMILES string of the molecule is Cc1ccc(-c2noc(CCC(=O)N(C)CCOc3cccc(Cl)c3)n2)cc1. The highest BCUT2D eigenvalue weighted by Gasteiger charge is 2.13. The number of ether oxygens (including phenoxy) is 1. The number of amides is 1. The van der Waals surface area contributed by atoms with Crippen LogP contribution >= 0.6 is 11.6 Å². The van der Waals surface area contributed by atoms with E-state index in [9.17, 15) is 4.79 Å². The van der Waals surface area contributed by atoms with Gasteiger partial charge in [-0.2, -0.15) is 4.98 Å². The van der Waals surface area contributed by atoms with E-state index in [0.29, 0.717) is 48.5 Å². The van der Waals surface area contributed by atoms with Gasteiger partial charge < -0.3 is 14.2 Å². The van der Waals surface area contributed by atoms with Gasteiger partial charge in [-0.15, -0.1) is 0 Å². The summed E-state index contributed by atoms with van der Waals surface area (Å²) in [5.74, 6) is 1.66. The van der Waals surface area contributed by atoms with Crippen LogP contribution in [0.5, 0.6) is 5.75 Å². The molecule has 1 aromatic heterocycles. The van der Waals surface area contributed by atoms with Crippen molar-refractivity contribution >= 4 is 17.5 Å². The molecule has 1 amide bonds. The number of hydrogen-bond donors (Lipinski definition) is 0. The van der Waals surface area contributed by atoms with Crippen molar-refractivity contribution in [2.75, 3.05) is 20.2 Å². The molecule has 3 rings (SSSR count). The lowest BCUT2D eigenvalue weighted by atomic mass is 10.1. The Labute approximate surface area is 169 Å². The summed E-state index contributed by atoms with van der Waals surface area (Å²) in [5.41, 5.74) is 2.06. The van der Waals surface area contributed by atoms with Gasteiger partial charge in [0.05, 0.1) is 6.54 Å². The van der Waals surface area contributed by atoms with E-state index in [2.05, 4.69) is 10.1 Å². The van der Waals surface area contributed by atoms with E-state index in [-0.39, 0.29) is 5.91 Å². The van der Waals surface area contributed by atoms with Crippen LogP contribution in [0.15, 0.2) is 53.1 Å². The Bertz CT molecular complexity index is 925. The maximum atomic E-state index is 12.3. The van der Waals surface area contributed by atoms with Gasteiger partial charge in [-0.05, 0) is 25.1 Å². The molecule has 0 N–H and O–H groups in total. The average molecular weight is 400 g/mol. The van der Waals surface area contributed by atoms with E-state index in [1.54, 1.807) is 24.1 Å². The molecule has 28 heavy (non-hydrogen) atoms. The van der Waals surface area contributed by atoms with E-state index in [4.69, 9.17) is 20.9 Å². The number of likely N-dealkylation sites (N-methyl/N-ethyl adjacent to an activating group) is 1. The van der Waals surface area contributed by atoms with Crippen molar-refractivity contribution in [3.8, 4) is 17.1 Å². The Hall–Kier alpha value is -2.86. The molecule has 0 spiro atoms. The van der Waals surface area contributed by atoms with Gasteiger partial charge in [0.2, 0.25) is 17.6 Å². The molecule has 7 heteroatoms. The molecule has 0 aliphatic rings. The first-order valence-corrected chi connectivity index (χ1v) is 9.41. The monoisotopic (exact) mass is 399 g/mol. The van der Waals surface area contributed by atoms with E-state index >= 15 is 0 Å². The molecule has 0 aliphatic carbocycles.